The predicted octanol–water partition coefficient (Wildman–Crippen LogP) is 5.55. The maximum Gasteiger partial charge on any atom is 0.259 e. The number of nitrogens with zero attached hydrogens (tertiary/aromatic N) is 4. The van der Waals surface area contributed by atoms with Gasteiger partial charge < -0.3 is 4.98 Å². The van der Waals surface area contributed by atoms with Gasteiger partial charge in [0, 0.05) is 22.0 Å². The molecule has 9 heteroatoms. The second-order valence-electron chi connectivity index (χ2n) is 6.89. The van der Waals surface area contributed by atoms with Crippen LogP contribution in [0.15, 0.2) is 46.9 Å². The molecule has 6 nitrogen and oxygen atoms in total. The van der Waals surface area contributed by atoms with E-state index in [1.807, 2.05) is 49.6 Å². The smallest absolute Gasteiger partial charge is 0.259 e. The van der Waals surface area contributed by atoms with Gasteiger partial charge in [-0.15, -0.1) is 28.1 Å². The quantitative estimate of drug-likeness (QED) is 0.303. The lowest BCUT2D eigenvalue weighted by Gasteiger charge is -2.12. The van der Waals surface area contributed by atoms with Crippen LogP contribution in [0.3, 0.4) is 0 Å². The van der Waals surface area contributed by atoms with Gasteiger partial charge in [0.25, 0.3) is 5.56 Å². The number of aromatic nitrogens is 5. The van der Waals surface area contributed by atoms with Gasteiger partial charge in [0.2, 0.25) is 0 Å². The van der Waals surface area contributed by atoms with Crippen molar-refractivity contribution in [2.45, 2.75) is 37.7 Å². The first-order chi connectivity index (χ1) is 14.4. The topological polar surface area (TPSA) is 76.5 Å². The molecule has 0 saturated carbocycles. The van der Waals surface area contributed by atoms with E-state index in [-0.39, 0.29) is 10.8 Å². The average Bonchev–Trinajstić information content (AvgIpc) is 3.23. The van der Waals surface area contributed by atoms with Gasteiger partial charge in [-0.05, 0) is 50.6 Å². The fraction of sp³-hybridized carbons (Fsp3) is 0.238. The van der Waals surface area contributed by atoms with Crippen molar-refractivity contribution in [1.82, 2.24) is 24.7 Å². The highest BCUT2D eigenvalue weighted by Gasteiger charge is 2.20. The zero-order valence-electron chi connectivity index (χ0n) is 16.8. The SMILES string of the molecule is C=CCn1c(SC(C)c2nc3sc(C)c(C)c3c(=O)[nH]2)nnc1-c1ccc(Cl)cc1. The van der Waals surface area contributed by atoms with Crippen LogP contribution in [-0.4, -0.2) is 24.7 Å². The third kappa shape index (κ3) is 3.82. The molecule has 0 fully saturated rings. The summed E-state index contributed by atoms with van der Waals surface area (Å²) < 4.78 is 1.99. The Morgan fingerprint density at radius 2 is 2.03 bits per heavy atom. The van der Waals surface area contributed by atoms with Crippen LogP contribution in [0.1, 0.15) is 28.4 Å². The van der Waals surface area contributed by atoms with Gasteiger partial charge in [0.1, 0.15) is 10.7 Å². The van der Waals surface area contributed by atoms with Crippen LogP contribution in [0.5, 0.6) is 0 Å². The number of nitrogens with one attached hydrogen (secondary N) is 1. The molecule has 4 rings (SSSR count). The molecule has 0 aliphatic heterocycles. The largest absolute Gasteiger partial charge is 0.309 e. The van der Waals surface area contributed by atoms with Crippen molar-refractivity contribution in [3.05, 3.63) is 68.6 Å². The fourth-order valence-corrected chi connectivity index (χ4v) is 5.24. The van der Waals surface area contributed by atoms with Crippen molar-refractivity contribution in [2.24, 2.45) is 0 Å². The van der Waals surface area contributed by atoms with E-state index >= 15 is 0 Å². The molecular weight excluding hydrogens is 438 g/mol. The van der Waals surface area contributed by atoms with E-state index in [1.54, 1.807) is 17.4 Å². The van der Waals surface area contributed by atoms with Crippen LogP contribution in [0, 0.1) is 13.8 Å². The Hall–Kier alpha value is -2.42. The highest BCUT2D eigenvalue weighted by Crippen LogP contribution is 2.35. The Bertz CT molecular complexity index is 1290. The second kappa shape index (κ2) is 8.37. The summed E-state index contributed by atoms with van der Waals surface area (Å²) in [7, 11) is 0. The van der Waals surface area contributed by atoms with Crippen molar-refractivity contribution in [2.75, 3.05) is 0 Å². The first-order valence-electron chi connectivity index (χ1n) is 9.35. The van der Waals surface area contributed by atoms with E-state index in [9.17, 15) is 4.79 Å². The molecule has 30 heavy (non-hydrogen) atoms. The maximum atomic E-state index is 12.6. The van der Waals surface area contributed by atoms with E-state index < -0.39 is 0 Å². The van der Waals surface area contributed by atoms with E-state index in [2.05, 4.69) is 21.8 Å². The maximum absolute atomic E-state index is 12.6. The molecule has 1 unspecified atom stereocenters. The molecule has 1 atom stereocenters. The van der Waals surface area contributed by atoms with E-state index in [4.69, 9.17) is 16.6 Å². The van der Waals surface area contributed by atoms with Gasteiger partial charge in [-0.25, -0.2) is 4.98 Å². The number of benzene rings is 1. The molecule has 0 aliphatic carbocycles. The van der Waals surface area contributed by atoms with Crippen LogP contribution in [-0.2, 0) is 6.54 Å². The van der Waals surface area contributed by atoms with Gasteiger partial charge in [0.15, 0.2) is 11.0 Å². The molecule has 1 N–H and O–H groups in total. The number of aromatic amines is 1. The predicted molar refractivity (Wildman–Crippen MR) is 125 cm³/mol. The fourth-order valence-electron chi connectivity index (χ4n) is 3.16. The van der Waals surface area contributed by atoms with Crippen molar-refractivity contribution in [3.8, 4) is 11.4 Å². The van der Waals surface area contributed by atoms with Crippen LogP contribution in [0.4, 0.5) is 0 Å². The van der Waals surface area contributed by atoms with Crippen molar-refractivity contribution < 1.29 is 0 Å². The van der Waals surface area contributed by atoms with Gasteiger partial charge in [-0.3, -0.25) is 9.36 Å². The van der Waals surface area contributed by atoms with Crippen molar-refractivity contribution >= 4 is 44.9 Å². The van der Waals surface area contributed by atoms with Gasteiger partial charge in [0.05, 0.1) is 10.6 Å². The monoisotopic (exact) mass is 457 g/mol. The molecule has 0 bridgehead atoms. The van der Waals surface area contributed by atoms with Crippen LogP contribution in [0.25, 0.3) is 21.6 Å². The lowest BCUT2D eigenvalue weighted by Crippen LogP contribution is -2.13. The Morgan fingerprint density at radius 3 is 2.73 bits per heavy atom. The summed E-state index contributed by atoms with van der Waals surface area (Å²) in [5.41, 5.74) is 1.82. The molecule has 0 saturated heterocycles. The zero-order valence-corrected chi connectivity index (χ0v) is 19.2. The Balaban J connectivity index is 1.68. The first-order valence-corrected chi connectivity index (χ1v) is 11.4. The lowest BCUT2D eigenvalue weighted by atomic mass is 10.2. The molecular formula is C21H20ClN5OS2. The zero-order chi connectivity index (χ0) is 21.4. The molecule has 0 aliphatic rings. The van der Waals surface area contributed by atoms with Gasteiger partial charge in [-0.1, -0.05) is 29.4 Å². The van der Waals surface area contributed by atoms with E-state index in [1.165, 1.54) is 11.8 Å². The standard InChI is InChI=1S/C21H20ClN5OS2/c1-5-10-27-18(14-6-8-15(22)9-7-14)25-26-21(27)30-13(4)17-23-19(28)16-11(2)12(3)29-20(16)24-17/h5-9,13H,1,10H2,2-4H3,(H,23,24,28). The molecule has 154 valence electrons. The molecule has 0 spiro atoms. The number of thioether (sulfide) groups is 1. The Labute approximate surface area is 187 Å². The normalized spacial score (nSPS) is 12.4. The summed E-state index contributed by atoms with van der Waals surface area (Å²) in [6.07, 6.45) is 1.81. The van der Waals surface area contributed by atoms with E-state index in [0.29, 0.717) is 22.8 Å². The number of aryl methyl sites for hydroxylation is 2. The second-order valence-corrected chi connectivity index (χ2v) is 9.83. The third-order valence-corrected chi connectivity index (χ3v) is 7.30. The van der Waals surface area contributed by atoms with E-state index in [0.717, 1.165) is 31.8 Å². The van der Waals surface area contributed by atoms with Crippen LogP contribution < -0.4 is 5.56 Å². The first kappa shape index (κ1) is 20.8. The number of H-pyrrole nitrogens is 1. The van der Waals surface area contributed by atoms with Gasteiger partial charge in [-0.2, -0.15) is 0 Å². The lowest BCUT2D eigenvalue weighted by molar-refractivity contribution is 0.727. The highest BCUT2D eigenvalue weighted by atomic mass is 35.5. The Morgan fingerprint density at radius 1 is 1.30 bits per heavy atom. The van der Waals surface area contributed by atoms with Gasteiger partial charge >= 0.3 is 0 Å². The molecule has 3 aromatic heterocycles. The number of halogens is 1. The summed E-state index contributed by atoms with van der Waals surface area (Å²) >= 11 is 9.05. The summed E-state index contributed by atoms with van der Waals surface area (Å²) in [6, 6.07) is 7.48. The molecule has 0 radical (unpaired) electrons. The molecule has 1 aromatic carbocycles. The molecule has 4 aromatic rings. The summed E-state index contributed by atoms with van der Waals surface area (Å²) in [6.45, 7) is 10.4. The minimum atomic E-state index is -0.115. The van der Waals surface area contributed by atoms with Crippen molar-refractivity contribution in [3.63, 3.8) is 0 Å². The summed E-state index contributed by atoms with van der Waals surface area (Å²) in [5.74, 6) is 1.36. The number of hydrogen-bond acceptors (Lipinski definition) is 6. The minimum Gasteiger partial charge on any atom is -0.309 e. The van der Waals surface area contributed by atoms with Crippen LogP contribution in [0.2, 0.25) is 5.02 Å². The number of fused-ring (bicyclic) bond motifs is 1. The third-order valence-electron chi connectivity index (χ3n) is 4.86. The number of allylic oxidation sites excluding steroid dienone is 1. The number of thiophene rings is 1. The molecule has 3 heterocycles. The summed E-state index contributed by atoms with van der Waals surface area (Å²) in [5, 5.41) is 10.7. The number of rotatable bonds is 6. The summed E-state index contributed by atoms with van der Waals surface area (Å²) in [4.78, 5) is 22.2. The van der Waals surface area contributed by atoms with Crippen molar-refractivity contribution in [1.29, 1.82) is 0 Å². The molecule has 0 amide bonds. The average molecular weight is 458 g/mol. The van der Waals surface area contributed by atoms with Crippen LogP contribution >= 0.6 is 34.7 Å². The highest BCUT2D eigenvalue weighted by molar-refractivity contribution is 7.99. The minimum absolute atomic E-state index is 0.0984. The number of hydrogen-bond donors (Lipinski definition) is 1. The Kier molecular flexibility index (Phi) is 5.81.